The van der Waals surface area contributed by atoms with Crippen molar-refractivity contribution in [3.05, 3.63) is 29.8 Å². The first-order chi connectivity index (χ1) is 7.46. The van der Waals surface area contributed by atoms with E-state index in [1.54, 1.807) is 12.1 Å². The molecule has 0 saturated heterocycles. The van der Waals surface area contributed by atoms with Gasteiger partial charge in [-0.2, -0.15) is 0 Å². The van der Waals surface area contributed by atoms with E-state index in [-0.39, 0.29) is 16.2 Å². The van der Waals surface area contributed by atoms with Gasteiger partial charge >= 0.3 is 0 Å². The minimum atomic E-state index is -3.82. The van der Waals surface area contributed by atoms with E-state index in [9.17, 15) is 13.2 Å². The molecule has 1 rings (SSSR count). The van der Waals surface area contributed by atoms with Crippen LogP contribution in [0.2, 0.25) is 0 Å². The van der Waals surface area contributed by atoms with Gasteiger partial charge in [0.15, 0.2) is 5.78 Å². The third-order valence-electron chi connectivity index (χ3n) is 2.25. The molecule has 0 radical (unpaired) electrons. The van der Waals surface area contributed by atoms with Gasteiger partial charge in [0.2, 0.25) is 10.0 Å². The number of nitrogens with two attached hydrogens (primary N) is 1. The number of hydrogen-bond acceptors (Lipinski definition) is 3. The highest BCUT2D eigenvalue weighted by atomic mass is 32.2. The molecule has 1 aromatic rings. The standard InChI is InChI=1S/C11H15NO3S/c1-2-3-7-10(13)9-6-4-5-8-11(9)16(12,14)15/h4-6,8H,2-3,7H2,1H3,(H2,12,14,15). The number of carbonyl (C=O) groups is 1. The molecule has 0 atom stereocenters. The van der Waals surface area contributed by atoms with E-state index >= 15 is 0 Å². The molecule has 88 valence electrons. The van der Waals surface area contributed by atoms with Gasteiger partial charge in [-0.25, -0.2) is 13.6 Å². The zero-order chi connectivity index (χ0) is 12.2. The summed E-state index contributed by atoms with van der Waals surface area (Å²) in [6.07, 6.45) is 1.99. The van der Waals surface area contributed by atoms with Crippen LogP contribution in [0, 0.1) is 0 Å². The van der Waals surface area contributed by atoms with E-state index in [0.29, 0.717) is 6.42 Å². The Morgan fingerprint density at radius 1 is 1.31 bits per heavy atom. The Labute approximate surface area is 95.5 Å². The normalized spacial score (nSPS) is 11.4. The summed E-state index contributed by atoms with van der Waals surface area (Å²) in [7, 11) is -3.82. The van der Waals surface area contributed by atoms with Crippen molar-refractivity contribution in [2.45, 2.75) is 31.1 Å². The number of sulfonamides is 1. The zero-order valence-corrected chi connectivity index (χ0v) is 9.96. The lowest BCUT2D eigenvalue weighted by Gasteiger charge is -2.05. The Morgan fingerprint density at radius 3 is 2.50 bits per heavy atom. The highest BCUT2D eigenvalue weighted by Crippen LogP contribution is 2.16. The summed E-state index contributed by atoms with van der Waals surface area (Å²) in [5, 5.41) is 5.04. The largest absolute Gasteiger partial charge is 0.294 e. The SMILES string of the molecule is CCCCC(=O)c1ccccc1S(N)(=O)=O. The molecule has 0 aliphatic heterocycles. The minimum Gasteiger partial charge on any atom is -0.294 e. The second-order valence-electron chi connectivity index (χ2n) is 3.57. The van der Waals surface area contributed by atoms with E-state index in [1.165, 1.54) is 12.1 Å². The van der Waals surface area contributed by atoms with Gasteiger partial charge in [-0.05, 0) is 12.5 Å². The van der Waals surface area contributed by atoms with Gasteiger partial charge in [-0.15, -0.1) is 0 Å². The summed E-state index contributed by atoms with van der Waals surface area (Å²) < 4.78 is 22.5. The molecule has 16 heavy (non-hydrogen) atoms. The van der Waals surface area contributed by atoms with Crippen molar-refractivity contribution in [1.82, 2.24) is 0 Å². The van der Waals surface area contributed by atoms with Crippen LogP contribution in [0.3, 0.4) is 0 Å². The van der Waals surface area contributed by atoms with Crippen LogP contribution in [0.15, 0.2) is 29.2 Å². The van der Waals surface area contributed by atoms with Crippen molar-refractivity contribution in [3.8, 4) is 0 Å². The summed E-state index contributed by atoms with van der Waals surface area (Å²) >= 11 is 0. The van der Waals surface area contributed by atoms with Crippen LogP contribution in [-0.4, -0.2) is 14.2 Å². The average molecular weight is 241 g/mol. The van der Waals surface area contributed by atoms with Crippen molar-refractivity contribution in [1.29, 1.82) is 0 Å². The van der Waals surface area contributed by atoms with E-state index in [0.717, 1.165) is 12.8 Å². The summed E-state index contributed by atoms with van der Waals surface area (Å²) in [5.41, 5.74) is 0.193. The molecule has 0 fully saturated rings. The maximum Gasteiger partial charge on any atom is 0.238 e. The van der Waals surface area contributed by atoms with Gasteiger partial charge in [-0.1, -0.05) is 31.5 Å². The van der Waals surface area contributed by atoms with Crippen LogP contribution in [0.25, 0.3) is 0 Å². The maximum atomic E-state index is 11.8. The van der Waals surface area contributed by atoms with Crippen molar-refractivity contribution < 1.29 is 13.2 Å². The lowest BCUT2D eigenvalue weighted by molar-refractivity contribution is 0.0976. The molecular formula is C11H15NO3S. The van der Waals surface area contributed by atoms with Crippen molar-refractivity contribution in [2.75, 3.05) is 0 Å². The fourth-order valence-electron chi connectivity index (χ4n) is 1.42. The van der Waals surface area contributed by atoms with Gasteiger partial charge in [0.1, 0.15) is 0 Å². The zero-order valence-electron chi connectivity index (χ0n) is 9.14. The van der Waals surface area contributed by atoms with E-state index in [1.807, 2.05) is 6.92 Å². The summed E-state index contributed by atoms with van der Waals surface area (Å²) in [6, 6.07) is 6.04. The van der Waals surface area contributed by atoms with Crippen LogP contribution >= 0.6 is 0 Å². The molecule has 5 heteroatoms. The number of primary sulfonamides is 1. The van der Waals surface area contributed by atoms with Gasteiger partial charge in [0.05, 0.1) is 4.90 Å². The fourth-order valence-corrected chi connectivity index (χ4v) is 2.17. The van der Waals surface area contributed by atoms with Crippen molar-refractivity contribution in [3.63, 3.8) is 0 Å². The predicted octanol–water partition coefficient (Wildman–Crippen LogP) is 1.71. The highest BCUT2D eigenvalue weighted by Gasteiger charge is 2.17. The summed E-state index contributed by atoms with van der Waals surface area (Å²) in [5.74, 6) is -0.175. The molecule has 0 bridgehead atoms. The van der Waals surface area contributed by atoms with E-state index < -0.39 is 10.0 Å². The Kier molecular flexibility index (Phi) is 4.20. The molecule has 0 saturated carbocycles. The highest BCUT2D eigenvalue weighted by molar-refractivity contribution is 7.89. The first kappa shape index (κ1) is 12.9. The number of hydrogen-bond donors (Lipinski definition) is 1. The molecule has 0 aliphatic carbocycles. The monoisotopic (exact) mass is 241 g/mol. The number of benzene rings is 1. The number of Topliss-reactive ketones (excluding diaryl/α,β-unsaturated/α-hetero) is 1. The lowest BCUT2D eigenvalue weighted by Crippen LogP contribution is -2.16. The minimum absolute atomic E-state index is 0.0869. The van der Waals surface area contributed by atoms with Crippen molar-refractivity contribution in [2.24, 2.45) is 5.14 Å². The van der Waals surface area contributed by atoms with Crippen LogP contribution in [0.4, 0.5) is 0 Å². The molecule has 0 aromatic heterocycles. The number of ketones is 1. The van der Waals surface area contributed by atoms with Gasteiger partial charge < -0.3 is 0 Å². The third kappa shape index (κ3) is 3.15. The maximum absolute atomic E-state index is 11.8. The molecule has 4 nitrogen and oxygen atoms in total. The molecule has 0 aliphatic rings. The van der Waals surface area contributed by atoms with Gasteiger partial charge in [0.25, 0.3) is 0 Å². The average Bonchev–Trinajstić information content (AvgIpc) is 2.24. The smallest absolute Gasteiger partial charge is 0.238 e. The Bertz CT molecular complexity index is 480. The van der Waals surface area contributed by atoms with E-state index in [4.69, 9.17) is 5.14 Å². The fraction of sp³-hybridized carbons (Fsp3) is 0.364. The van der Waals surface area contributed by atoms with Crippen LogP contribution in [0.5, 0.6) is 0 Å². The summed E-state index contributed by atoms with van der Waals surface area (Å²) in [4.78, 5) is 11.7. The van der Waals surface area contributed by atoms with Gasteiger partial charge in [-0.3, -0.25) is 4.79 Å². The first-order valence-corrected chi connectivity index (χ1v) is 6.66. The van der Waals surface area contributed by atoms with Crippen LogP contribution in [0.1, 0.15) is 36.5 Å². The quantitative estimate of drug-likeness (QED) is 0.797. The third-order valence-corrected chi connectivity index (χ3v) is 3.22. The van der Waals surface area contributed by atoms with E-state index in [2.05, 4.69) is 0 Å². The molecule has 0 unspecified atom stereocenters. The molecule has 0 heterocycles. The van der Waals surface area contributed by atoms with Crippen LogP contribution in [-0.2, 0) is 10.0 Å². The molecular weight excluding hydrogens is 226 g/mol. The van der Waals surface area contributed by atoms with Gasteiger partial charge in [0, 0.05) is 12.0 Å². The van der Waals surface area contributed by atoms with Crippen LogP contribution < -0.4 is 5.14 Å². The predicted molar refractivity (Wildman–Crippen MR) is 61.7 cm³/mol. The Hall–Kier alpha value is -1.20. The Balaban J connectivity index is 3.09. The molecule has 0 spiro atoms. The molecule has 2 N–H and O–H groups in total. The second-order valence-corrected chi connectivity index (χ2v) is 5.10. The molecule has 0 amide bonds. The Morgan fingerprint density at radius 2 is 1.94 bits per heavy atom. The number of rotatable bonds is 5. The first-order valence-electron chi connectivity index (χ1n) is 5.12. The number of unbranched alkanes of at least 4 members (excludes halogenated alkanes) is 1. The topological polar surface area (TPSA) is 77.2 Å². The summed E-state index contributed by atoms with van der Waals surface area (Å²) in [6.45, 7) is 1.97. The van der Waals surface area contributed by atoms with Crippen molar-refractivity contribution >= 4 is 15.8 Å². The second kappa shape index (κ2) is 5.23. The molecule has 1 aromatic carbocycles. The number of carbonyl (C=O) groups excluding carboxylic acids is 1. The lowest BCUT2D eigenvalue weighted by atomic mass is 10.1.